The second-order valence-corrected chi connectivity index (χ2v) is 5.17. The fraction of sp³-hybridized carbons (Fsp3) is 0.571. The Hall–Kier alpha value is -1.46. The van der Waals surface area contributed by atoms with Gasteiger partial charge in [0, 0.05) is 19.2 Å². The van der Waals surface area contributed by atoms with Crippen molar-refractivity contribution in [2.45, 2.75) is 25.8 Å². The number of aliphatic hydroxyl groups excluding tert-OH is 1. The predicted molar refractivity (Wildman–Crippen MR) is 73.9 cm³/mol. The Kier molecular flexibility index (Phi) is 3.75. The van der Waals surface area contributed by atoms with Crippen molar-refractivity contribution in [1.29, 1.82) is 0 Å². The van der Waals surface area contributed by atoms with E-state index in [1.54, 1.807) is 0 Å². The summed E-state index contributed by atoms with van der Waals surface area (Å²) in [7, 11) is 0. The van der Waals surface area contributed by atoms with E-state index >= 15 is 0 Å². The summed E-state index contributed by atoms with van der Waals surface area (Å²) in [6.45, 7) is 3.26. The summed E-state index contributed by atoms with van der Waals surface area (Å²) < 4.78 is 2.18. The van der Waals surface area contributed by atoms with Gasteiger partial charge in [0.25, 0.3) is 0 Å². The minimum Gasteiger partial charge on any atom is -0.396 e. The molecule has 1 aliphatic rings. The van der Waals surface area contributed by atoms with Crippen LogP contribution in [0.3, 0.4) is 0 Å². The first-order valence-electron chi connectivity index (χ1n) is 7.00. The number of hydrogen-bond acceptors (Lipinski definition) is 4. The van der Waals surface area contributed by atoms with Crippen LogP contribution in [0.4, 0.5) is 0 Å². The number of fused-ring (bicyclic) bond motifs is 1. The quantitative estimate of drug-likeness (QED) is 0.859. The minimum absolute atomic E-state index is 0.131. The van der Waals surface area contributed by atoms with Crippen LogP contribution >= 0.6 is 0 Å². The Labute approximate surface area is 112 Å². The van der Waals surface area contributed by atoms with Gasteiger partial charge in [-0.15, -0.1) is 0 Å². The van der Waals surface area contributed by atoms with Crippen LogP contribution < -0.4 is 5.32 Å². The molecule has 102 valence electrons. The summed E-state index contributed by atoms with van der Waals surface area (Å²) in [5.74, 6) is 1.58. The Morgan fingerprint density at radius 3 is 3.21 bits per heavy atom. The van der Waals surface area contributed by atoms with Crippen LogP contribution in [0.1, 0.15) is 18.7 Å². The minimum atomic E-state index is 0.131. The highest BCUT2D eigenvalue weighted by Gasteiger charge is 2.18. The van der Waals surface area contributed by atoms with Gasteiger partial charge in [0.1, 0.15) is 11.3 Å². The lowest BCUT2D eigenvalue weighted by Crippen LogP contribution is -2.32. The van der Waals surface area contributed by atoms with Crippen molar-refractivity contribution in [3.05, 3.63) is 24.2 Å². The number of hydrogen-bond donors (Lipinski definition) is 2. The van der Waals surface area contributed by atoms with E-state index in [1.807, 2.05) is 18.3 Å². The lowest BCUT2D eigenvalue weighted by Gasteiger charge is -2.23. The van der Waals surface area contributed by atoms with Crippen LogP contribution in [0.25, 0.3) is 11.2 Å². The third-order valence-electron chi connectivity index (χ3n) is 3.76. The van der Waals surface area contributed by atoms with Crippen molar-refractivity contribution >= 4 is 11.2 Å². The average Bonchev–Trinajstić information content (AvgIpc) is 2.79. The number of imidazole rings is 1. The van der Waals surface area contributed by atoms with Gasteiger partial charge < -0.3 is 15.0 Å². The standard InChI is InChI=1S/C14H20N4O/c19-8-5-13-17-12-4-2-7-16-14(12)18(13)10-11-3-1-6-15-9-11/h2,4,7,11,15,19H,1,3,5-6,8-10H2. The van der Waals surface area contributed by atoms with Gasteiger partial charge >= 0.3 is 0 Å². The molecule has 1 saturated heterocycles. The second kappa shape index (κ2) is 5.67. The maximum Gasteiger partial charge on any atom is 0.159 e. The molecular formula is C14H20N4O. The largest absolute Gasteiger partial charge is 0.396 e. The number of pyridine rings is 1. The Bertz CT molecular complexity index is 545. The number of rotatable bonds is 4. The van der Waals surface area contributed by atoms with Crippen LogP contribution in [0.15, 0.2) is 18.3 Å². The van der Waals surface area contributed by atoms with E-state index in [4.69, 9.17) is 0 Å². The van der Waals surface area contributed by atoms with Crippen molar-refractivity contribution in [2.24, 2.45) is 5.92 Å². The van der Waals surface area contributed by atoms with E-state index < -0.39 is 0 Å². The van der Waals surface area contributed by atoms with Crippen LogP contribution in [-0.2, 0) is 13.0 Å². The van der Waals surface area contributed by atoms with E-state index in [0.29, 0.717) is 12.3 Å². The monoisotopic (exact) mass is 260 g/mol. The van der Waals surface area contributed by atoms with Gasteiger partial charge in [-0.1, -0.05) is 0 Å². The SMILES string of the molecule is OCCc1nc2cccnc2n1CC1CCCNC1. The molecule has 2 N–H and O–H groups in total. The number of aliphatic hydroxyl groups is 1. The van der Waals surface area contributed by atoms with Crippen molar-refractivity contribution in [3.63, 3.8) is 0 Å². The molecule has 1 aliphatic heterocycles. The Morgan fingerprint density at radius 1 is 1.47 bits per heavy atom. The molecule has 3 rings (SSSR count). The number of nitrogens with one attached hydrogen (secondary N) is 1. The van der Waals surface area contributed by atoms with Gasteiger partial charge in [-0.05, 0) is 44.0 Å². The molecular weight excluding hydrogens is 240 g/mol. The van der Waals surface area contributed by atoms with Gasteiger partial charge in [-0.2, -0.15) is 0 Å². The molecule has 3 heterocycles. The molecule has 0 radical (unpaired) electrons. The molecule has 2 aromatic heterocycles. The van der Waals surface area contributed by atoms with Gasteiger partial charge in [-0.3, -0.25) is 0 Å². The number of piperidine rings is 1. The lowest BCUT2D eigenvalue weighted by molar-refractivity contribution is 0.290. The molecule has 1 atom stereocenters. The Balaban J connectivity index is 1.92. The Morgan fingerprint density at radius 2 is 2.42 bits per heavy atom. The summed E-state index contributed by atoms with van der Waals surface area (Å²) in [6, 6.07) is 3.89. The normalized spacial score (nSPS) is 19.9. The molecule has 1 unspecified atom stereocenters. The van der Waals surface area contributed by atoms with Gasteiger partial charge in [0.05, 0.1) is 6.61 Å². The molecule has 5 nitrogen and oxygen atoms in total. The van der Waals surface area contributed by atoms with Crippen molar-refractivity contribution in [1.82, 2.24) is 19.9 Å². The van der Waals surface area contributed by atoms with Gasteiger partial charge in [0.15, 0.2) is 5.65 Å². The maximum absolute atomic E-state index is 9.19. The number of aromatic nitrogens is 3. The fourth-order valence-corrected chi connectivity index (χ4v) is 2.83. The number of nitrogens with zero attached hydrogens (tertiary/aromatic N) is 3. The first kappa shape index (κ1) is 12.6. The molecule has 5 heteroatoms. The highest BCUT2D eigenvalue weighted by Crippen LogP contribution is 2.19. The van der Waals surface area contributed by atoms with E-state index in [-0.39, 0.29) is 6.61 Å². The molecule has 19 heavy (non-hydrogen) atoms. The third-order valence-corrected chi connectivity index (χ3v) is 3.76. The highest BCUT2D eigenvalue weighted by molar-refractivity contribution is 5.71. The third kappa shape index (κ3) is 2.62. The molecule has 1 fully saturated rings. The van der Waals surface area contributed by atoms with Gasteiger partial charge in [0.2, 0.25) is 0 Å². The lowest BCUT2D eigenvalue weighted by atomic mass is 9.99. The van der Waals surface area contributed by atoms with Crippen LogP contribution in [0.5, 0.6) is 0 Å². The zero-order valence-corrected chi connectivity index (χ0v) is 11.0. The predicted octanol–water partition coefficient (Wildman–Crippen LogP) is 0.966. The summed E-state index contributed by atoms with van der Waals surface area (Å²) in [4.78, 5) is 9.04. The highest BCUT2D eigenvalue weighted by atomic mass is 16.3. The van der Waals surface area contributed by atoms with Crippen molar-refractivity contribution in [2.75, 3.05) is 19.7 Å². The van der Waals surface area contributed by atoms with E-state index in [0.717, 1.165) is 36.6 Å². The zero-order valence-electron chi connectivity index (χ0n) is 11.0. The smallest absolute Gasteiger partial charge is 0.159 e. The molecule has 0 saturated carbocycles. The molecule has 0 aliphatic carbocycles. The molecule has 0 aromatic carbocycles. The maximum atomic E-state index is 9.19. The zero-order chi connectivity index (χ0) is 13.1. The second-order valence-electron chi connectivity index (χ2n) is 5.17. The molecule has 0 spiro atoms. The summed E-state index contributed by atoms with van der Waals surface area (Å²) in [5, 5.41) is 12.6. The summed E-state index contributed by atoms with van der Waals surface area (Å²) in [6.07, 6.45) is 4.89. The van der Waals surface area contributed by atoms with E-state index in [1.165, 1.54) is 12.8 Å². The first-order valence-corrected chi connectivity index (χ1v) is 7.00. The molecule has 0 amide bonds. The van der Waals surface area contributed by atoms with Crippen molar-refractivity contribution < 1.29 is 5.11 Å². The molecule has 0 bridgehead atoms. The van der Waals surface area contributed by atoms with Gasteiger partial charge in [-0.25, -0.2) is 9.97 Å². The van der Waals surface area contributed by atoms with Crippen LogP contribution in [-0.4, -0.2) is 39.3 Å². The topological polar surface area (TPSA) is 63.0 Å². The average molecular weight is 260 g/mol. The molecule has 2 aromatic rings. The summed E-state index contributed by atoms with van der Waals surface area (Å²) >= 11 is 0. The van der Waals surface area contributed by atoms with Crippen molar-refractivity contribution in [3.8, 4) is 0 Å². The van der Waals surface area contributed by atoms with Crippen LogP contribution in [0, 0.1) is 5.92 Å². The fourth-order valence-electron chi connectivity index (χ4n) is 2.83. The van der Waals surface area contributed by atoms with E-state index in [9.17, 15) is 5.11 Å². The van der Waals surface area contributed by atoms with Crippen LogP contribution in [0.2, 0.25) is 0 Å². The first-order chi connectivity index (χ1) is 9.38. The van der Waals surface area contributed by atoms with E-state index in [2.05, 4.69) is 19.9 Å². The summed E-state index contributed by atoms with van der Waals surface area (Å²) in [5.41, 5.74) is 1.87.